The molecule has 0 atom stereocenters. The highest BCUT2D eigenvalue weighted by atomic mass is 35.5. The third kappa shape index (κ3) is 2.89. The van der Waals surface area contributed by atoms with E-state index in [1.807, 2.05) is 24.0 Å². The van der Waals surface area contributed by atoms with E-state index in [-0.39, 0.29) is 5.91 Å². The third-order valence-corrected chi connectivity index (χ3v) is 4.54. The molecule has 0 unspecified atom stereocenters. The van der Waals surface area contributed by atoms with Gasteiger partial charge in [-0.1, -0.05) is 11.6 Å². The fraction of sp³-hybridized carbons (Fsp3) is 0.467. The van der Waals surface area contributed by atoms with E-state index in [0.29, 0.717) is 23.8 Å². The molecular weight excluding hydrogens is 304 g/mol. The van der Waals surface area contributed by atoms with E-state index >= 15 is 0 Å². The van der Waals surface area contributed by atoms with Gasteiger partial charge in [-0.05, 0) is 19.1 Å². The van der Waals surface area contributed by atoms with Gasteiger partial charge in [0.05, 0.1) is 23.5 Å². The topological polar surface area (TPSA) is 54.5 Å². The number of aromatic nitrogens is 2. The van der Waals surface area contributed by atoms with Crippen LogP contribution in [0.25, 0.3) is 0 Å². The molecule has 118 valence electrons. The largest absolute Gasteiger partial charge is 0.468 e. The number of carbonyl (C=O) groups is 1. The van der Waals surface area contributed by atoms with Gasteiger partial charge in [-0.3, -0.25) is 14.4 Å². The number of piperazine rings is 1. The quantitative estimate of drug-likeness (QED) is 0.866. The Hall–Kier alpha value is -1.79. The van der Waals surface area contributed by atoms with Crippen LogP contribution in [0, 0.1) is 6.92 Å². The maximum Gasteiger partial charge on any atom is 0.276 e. The van der Waals surface area contributed by atoms with E-state index < -0.39 is 0 Å². The summed E-state index contributed by atoms with van der Waals surface area (Å²) in [6.07, 6.45) is 1.68. The highest BCUT2D eigenvalue weighted by Crippen LogP contribution is 2.21. The molecule has 0 bridgehead atoms. The minimum Gasteiger partial charge on any atom is -0.468 e. The average molecular weight is 323 g/mol. The molecular formula is C15H19ClN4O2. The van der Waals surface area contributed by atoms with Gasteiger partial charge in [0.15, 0.2) is 5.69 Å². The van der Waals surface area contributed by atoms with Gasteiger partial charge < -0.3 is 9.32 Å². The van der Waals surface area contributed by atoms with Crippen LogP contribution in [0.15, 0.2) is 22.8 Å². The maximum atomic E-state index is 12.5. The molecule has 1 amide bonds. The van der Waals surface area contributed by atoms with E-state index in [1.54, 1.807) is 18.0 Å². The molecule has 0 N–H and O–H groups in total. The second kappa shape index (κ2) is 6.14. The van der Waals surface area contributed by atoms with Crippen LogP contribution in [-0.4, -0.2) is 51.7 Å². The Morgan fingerprint density at radius 3 is 2.64 bits per heavy atom. The molecule has 0 saturated carbocycles. The first kappa shape index (κ1) is 15.1. The summed E-state index contributed by atoms with van der Waals surface area (Å²) in [6.45, 7) is 5.61. The number of halogens is 1. The summed E-state index contributed by atoms with van der Waals surface area (Å²) in [7, 11) is 1.79. The fourth-order valence-electron chi connectivity index (χ4n) is 2.60. The summed E-state index contributed by atoms with van der Waals surface area (Å²) in [5.41, 5.74) is 1.16. The van der Waals surface area contributed by atoms with Crippen molar-refractivity contribution >= 4 is 17.5 Å². The maximum absolute atomic E-state index is 12.5. The molecule has 7 heteroatoms. The molecule has 1 aliphatic heterocycles. The van der Waals surface area contributed by atoms with E-state index in [9.17, 15) is 4.79 Å². The van der Waals surface area contributed by atoms with Crippen LogP contribution in [0.5, 0.6) is 0 Å². The predicted molar refractivity (Wildman–Crippen MR) is 82.8 cm³/mol. The van der Waals surface area contributed by atoms with Gasteiger partial charge in [-0.15, -0.1) is 0 Å². The lowest BCUT2D eigenvalue weighted by Gasteiger charge is -2.33. The Labute approximate surface area is 134 Å². The number of carbonyl (C=O) groups excluding carboxylic acids is 1. The highest BCUT2D eigenvalue weighted by Gasteiger charge is 2.27. The molecule has 0 radical (unpaired) electrons. The first-order valence-corrected chi connectivity index (χ1v) is 7.67. The van der Waals surface area contributed by atoms with Crippen LogP contribution in [0.1, 0.15) is 21.9 Å². The molecule has 1 aliphatic rings. The van der Waals surface area contributed by atoms with E-state index in [0.717, 1.165) is 31.1 Å². The van der Waals surface area contributed by atoms with Crippen molar-refractivity contribution in [2.45, 2.75) is 13.5 Å². The van der Waals surface area contributed by atoms with Crippen molar-refractivity contribution in [2.24, 2.45) is 7.05 Å². The Bertz CT molecular complexity index is 657. The second-order valence-corrected chi connectivity index (χ2v) is 5.90. The first-order valence-electron chi connectivity index (χ1n) is 7.29. The summed E-state index contributed by atoms with van der Waals surface area (Å²) in [5.74, 6) is 0.856. The van der Waals surface area contributed by atoms with Crippen LogP contribution in [0.2, 0.25) is 5.02 Å². The van der Waals surface area contributed by atoms with Gasteiger partial charge in [0.1, 0.15) is 5.76 Å². The molecule has 6 nitrogen and oxygen atoms in total. The van der Waals surface area contributed by atoms with Crippen LogP contribution in [0.4, 0.5) is 0 Å². The average Bonchev–Trinajstić information content (AvgIpc) is 3.12. The zero-order chi connectivity index (χ0) is 15.7. The number of hydrogen-bond donors (Lipinski definition) is 0. The van der Waals surface area contributed by atoms with Crippen molar-refractivity contribution in [3.63, 3.8) is 0 Å². The predicted octanol–water partition coefficient (Wildman–Crippen LogP) is 1.93. The van der Waals surface area contributed by atoms with Crippen molar-refractivity contribution < 1.29 is 9.21 Å². The van der Waals surface area contributed by atoms with Gasteiger partial charge >= 0.3 is 0 Å². The molecule has 1 saturated heterocycles. The summed E-state index contributed by atoms with van der Waals surface area (Å²) in [4.78, 5) is 16.6. The molecule has 0 aliphatic carbocycles. The molecule has 0 aromatic carbocycles. The number of rotatable bonds is 3. The lowest BCUT2D eigenvalue weighted by Crippen LogP contribution is -2.48. The van der Waals surface area contributed by atoms with Gasteiger partial charge in [0.2, 0.25) is 0 Å². The molecule has 3 heterocycles. The number of hydrogen-bond acceptors (Lipinski definition) is 4. The van der Waals surface area contributed by atoms with E-state index in [1.165, 1.54) is 0 Å². The van der Waals surface area contributed by atoms with E-state index in [4.69, 9.17) is 16.0 Å². The van der Waals surface area contributed by atoms with Gasteiger partial charge in [-0.25, -0.2) is 0 Å². The van der Waals surface area contributed by atoms with Crippen LogP contribution in [0.3, 0.4) is 0 Å². The van der Waals surface area contributed by atoms with Crippen LogP contribution >= 0.6 is 11.6 Å². The Morgan fingerprint density at radius 1 is 1.36 bits per heavy atom. The molecule has 2 aromatic heterocycles. The molecule has 0 spiro atoms. The van der Waals surface area contributed by atoms with Gasteiger partial charge in [-0.2, -0.15) is 5.10 Å². The van der Waals surface area contributed by atoms with Crippen molar-refractivity contribution in [1.29, 1.82) is 0 Å². The smallest absolute Gasteiger partial charge is 0.276 e. The summed E-state index contributed by atoms with van der Waals surface area (Å²) >= 11 is 6.20. The number of amides is 1. The first-order chi connectivity index (χ1) is 10.6. The number of aryl methyl sites for hydroxylation is 1. The van der Waals surface area contributed by atoms with Crippen LogP contribution < -0.4 is 0 Å². The summed E-state index contributed by atoms with van der Waals surface area (Å²) in [5, 5.41) is 4.68. The fourth-order valence-corrected chi connectivity index (χ4v) is 2.84. The molecule has 3 rings (SSSR count). The minimum atomic E-state index is -0.0913. The monoisotopic (exact) mass is 322 g/mol. The Morgan fingerprint density at radius 2 is 2.09 bits per heavy atom. The summed E-state index contributed by atoms with van der Waals surface area (Å²) in [6, 6.07) is 3.86. The normalized spacial score (nSPS) is 16.2. The SMILES string of the molecule is Cc1c(Cl)c(C(=O)N2CCN(Cc3ccco3)CC2)nn1C. The zero-order valence-electron chi connectivity index (χ0n) is 12.8. The van der Waals surface area contributed by atoms with Gasteiger partial charge in [0, 0.05) is 33.2 Å². The number of nitrogens with zero attached hydrogens (tertiary/aromatic N) is 4. The lowest BCUT2D eigenvalue weighted by atomic mass is 10.2. The number of furan rings is 1. The van der Waals surface area contributed by atoms with Crippen molar-refractivity contribution in [1.82, 2.24) is 19.6 Å². The van der Waals surface area contributed by atoms with Crippen molar-refractivity contribution in [2.75, 3.05) is 26.2 Å². The zero-order valence-corrected chi connectivity index (χ0v) is 13.5. The highest BCUT2D eigenvalue weighted by molar-refractivity contribution is 6.34. The third-order valence-electron chi connectivity index (χ3n) is 4.08. The minimum absolute atomic E-state index is 0.0913. The van der Waals surface area contributed by atoms with E-state index in [2.05, 4.69) is 10.00 Å². The summed E-state index contributed by atoms with van der Waals surface area (Å²) < 4.78 is 7.00. The molecule has 22 heavy (non-hydrogen) atoms. The van der Waals surface area contributed by atoms with Crippen molar-refractivity contribution in [3.8, 4) is 0 Å². The van der Waals surface area contributed by atoms with Crippen LogP contribution in [-0.2, 0) is 13.6 Å². The Balaban J connectivity index is 1.61. The second-order valence-electron chi connectivity index (χ2n) is 5.52. The standard InChI is InChI=1S/C15H19ClN4O2/c1-11-13(16)14(17-18(11)2)15(21)20-7-5-19(6-8-20)10-12-4-3-9-22-12/h3-4,9H,5-8,10H2,1-2H3. The van der Waals surface area contributed by atoms with Gasteiger partial charge in [0.25, 0.3) is 5.91 Å². The van der Waals surface area contributed by atoms with Crippen molar-refractivity contribution in [3.05, 3.63) is 40.6 Å². The molecule has 1 fully saturated rings. The lowest BCUT2D eigenvalue weighted by molar-refractivity contribution is 0.0614. The molecule has 2 aromatic rings. The Kier molecular flexibility index (Phi) is 4.22.